The summed E-state index contributed by atoms with van der Waals surface area (Å²) in [5.74, 6) is 0. The zero-order valence-corrected chi connectivity index (χ0v) is 16.6. The fourth-order valence-corrected chi connectivity index (χ4v) is 2.72. The molecule has 0 fully saturated rings. The minimum atomic E-state index is 0.437. The molecular weight excluding hydrogens is 368 g/mol. The predicted molar refractivity (Wildman–Crippen MR) is 118 cm³/mol. The molecule has 0 saturated carbocycles. The van der Waals surface area contributed by atoms with Gasteiger partial charge in [0.2, 0.25) is 0 Å². The first-order chi connectivity index (χ1) is 13.6. The Morgan fingerprint density at radius 1 is 1.14 bits per heavy atom. The summed E-state index contributed by atoms with van der Waals surface area (Å²) >= 11 is 5.26. The third kappa shape index (κ3) is 5.59. The van der Waals surface area contributed by atoms with Gasteiger partial charge < -0.3 is 5.32 Å². The van der Waals surface area contributed by atoms with Crippen LogP contribution in [0.25, 0.3) is 6.08 Å². The molecule has 3 aromatic rings. The van der Waals surface area contributed by atoms with E-state index in [0.29, 0.717) is 11.7 Å². The van der Waals surface area contributed by atoms with Crippen LogP contribution >= 0.6 is 12.2 Å². The molecule has 0 radical (unpaired) electrons. The SMILES string of the molecule is Cc1cccc(NC(=S)N/N=C\C=C\c2cn(Cc3ccccc3)nn2)c1C. The molecule has 6 nitrogen and oxygen atoms in total. The summed E-state index contributed by atoms with van der Waals surface area (Å²) in [6.45, 7) is 4.81. The van der Waals surface area contributed by atoms with Crippen molar-refractivity contribution in [2.24, 2.45) is 5.10 Å². The van der Waals surface area contributed by atoms with Gasteiger partial charge in [-0.2, -0.15) is 5.10 Å². The second-order valence-electron chi connectivity index (χ2n) is 6.28. The van der Waals surface area contributed by atoms with Gasteiger partial charge in [0.1, 0.15) is 5.69 Å². The molecule has 7 heteroatoms. The summed E-state index contributed by atoms with van der Waals surface area (Å²) in [7, 11) is 0. The Balaban J connectivity index is 1.47. The number of rotatable bonds is 6. The highest BCUT2D eigenvalue weighted by atomic mass is 32.1. The Kier molecular flexibility index (Phi) is 6.64. The van der Waals surface area contributed by atoms with E-state index in [-0.39, 0.29) is 0 Å². The van der Waals surface area contributed by atoms with Crippen molar-refractivity contribution < 1.29 is 0 Å². The van der Waals surface area contributed by atoms with Gasteiger partial charge in [0.05, 0.1) is 12.7 Å². The Morgan fingerprint density at radius 3 is 2.79 bits per heavy atom. The van der Waals surface area contributed by atoms with Crippen molar-refractivity contribution in [3.05, 3.63) is 83.2 Å². The summed E-state index contributed by atoms with van der Waals surface area (Å²) in [5.41, 5.74) is 8.08. The minimum Gasteiger partial charge on any atom is -0.331 e. The predicted octanol–water partition coefficient (Wildman–Crippen LogP) is 3.93. The summed E-state index contributed by atoms with van der Waals surface area (Å²) in [6, 6.07) is 16.2. The minimum absolute atomic E-state index is 0.437. The van der Waals surface area contributed by atoms with Gasteiger partial charge in [0, 0.05) is 11.9 Å². The molecule has 2 aromatic carbocycles. The molecule has 1 aromatic heterocycles. The molecule has 0 spiro atoms. The van der Waals surface area contributed by atoms with E-state index in [1.165, 1.54) is 11.1 Å². The largest absolute Gasteiger partial charge is 0.331 e. The number of thiocarbonyl (C=S) groups is 1. The van der Waals surface area contributed by atoms with E-state index in [1.54, 1.807) is 17.0 Å². The van der Waals surface area contributed by atoms with Crippen LogP contribution in [-0.4, -0.2) is 26.3 Å². The van der Waals surface area contributed by atoms with E-state index in [1.807, 2.05) is 42.6 Å². The molecule has 0 saturated heterocycles. The first-order valence-electron chi connectivity index (χ1n) is 8.89. The average Bonchev–Trinajstić information content (AvgIpc) is 3.13. The van der Waals surface area contributed by atoms with Crippen molar-refractivity contribution in [2.45, 2.75) is 20.4 Å². The highest BCUT2D eigenvalue weighted by molar-refractivity contribution is 7.80. The fourth-order valence-electron chi connectivity index (χ4n) is 2.55. The average molecular weight is 391 g/mol. The van der Waals surface area contributed by atoms with Gasteiger partial charge in [-0.05, 0) is 61.0 Å². The maximum atomic E-state index is 5.26. The molecule has 1 heterocycles. The monoisotopic (exact) mass is 390 g/mol. The third-order valence-corrected chi connectivity index (χ3v) is 4.38. The second-order valence-corrected chi connectivity index (χ2v) is 6.69. The highest BCUT2D eigenvalue weighted by Crippen LogP contribution is 2.17. The van der Waals surface area contributed by atoms with E-state index in [9.17, 15) is 0 Å². The van der Waals surface area contributed by atoms with Crippen LogP contribution in [0.1, 0.15) is 22.4 Å². The maximum absolute atomic E-state index is 5.26. The van der Waals surface area contributed by atoms with Crippen LogP contribution in [-0.2, 0) is 6.54 Å². The smallest absolute Gasteiger partial charge is 0.191 e. The Bertz CT molecular complexity index is 991. The van der Waals surface area contributed by atoms with Gasteiger partial charge in [-0.1, -0.05) is 47.7 Å². The van der Waals surface area contributed by atoms with Crippen molar-refractivity contribution in [2.75, 3.05) is 5.32 Å². The second kappa shape index (κ2) is 9.57. The van der Waals surface area contributed by atoms with Gasteiger partial charge in [-0.15, -0.1) is 5.10 Å². The summed E-state index contributed by atoms with van der Waals surface area (Å²) in [4.78, 5) is 0. The number of anilines is 1. The topological polar surface area (TPSA) is 67.1 Å². The summed E-state index contributed by atoms with van der Waals surface area (Å²) in [6.07, 6.45) is 7.12. The van der Waals surface area contributed by atoms with Crippen molar-refractivity contribution in [1.29, 1.82) is 0 Å². The van der Waals surface area contributed by atoms with E-state index < -0.39 is 0 Å². The molecule has 0 atom stereocenters. The molecule has 2 N–H and O–H groups in total. The normalized spacial score (nSPS) is 11.2. The first-order valence-corrected chi connectivity index (χ1v) is 9.29. The van der Waals surface area contributed by atoms with Crippen LogP contribution in [0, 0.1) is 13.8 Å². The van der Waals surface area contributed by atoms with Gasteiger partial charge in [0.25, 0.3) is 0 Å². The first kappa shape index (κ1) is 19.4. The number of aryl methyl sites for hydroxylation is 1. The molecule has 0 aliphatic rings. The summed E-state index contributed by atoms with van der Waals surface area (Å²) in [5, 5.41) is 15.9. The fraction of sp³-hybridized carbons (Fsp3) is 0.143. The van der Waals surface area contributed by atoms with Crippen molar-refractivity contribution in [3.63, 3.8) is 0 Å². The molecule has 3 rings (SSSR count). The highest BCUT2D eigenvalue weighted by Gasteiger charge is 2.02. The molecule has 0 bridgehead atoms. The standard InChI is InChI=1S/C21H22N6S/c1-16-8-6-12-20(17(16)2)23-21(28)25-22-13-7-11-19-15-27(26-24-19)14-18-9-4-3-5-10-18/h3-13,15H,14H2,1-2H3,(H2,23,25,28)/b11-7+,22-13-. The van der Waals surface area contributed by atoms with Crippen LogP contribution in [0.5, 0.6) is 0 Å². The van der Waals surface area contributed by atoms with E-state index in [0.717, 1.165) is 16.9 Å². The zero-order chi connectivity index (χ0) is 19.8. The number of allylic oxidation sites excluding steroid dienone is 1. The lowest BCUT2D eigenvalue weighted by molar-refractivity contribution is 0.649. The van der Waals surface area contributed by atoms with E-state index >= 15 is 0 Å². The Morgan fingerprint density at radius 2 is 1.96 bits per heavy atom. The van der Waals surface area contributed by atoms with Crippen molar-refractivity contribution in [1.82, 2.24) is 20.4 Å². The Hall–Kier alpha value is -3.32. The van der Waals surface area contributed by atoms with Gasteiger partial charge >= 0.3 is 0 Å². The van der Waals surface area contributed by atoms with Crippen molar-refractivity contribution in [3.8, 4) is 0 Å². The number of nitrogens with one attached hydrogen (secondary N) is 2. The number of benzene rings is 2. The van der Waals surface area contributed by atoms with Crippen LogP contribution in [0.4, 0.5) is 5.69 Å². The lowest BCUT2D eigenvalue weighted by Crippen LogP contribution is -2.24. The molecule has 0 amide bonds. The van der Waals surface area contributed by atoms with Crippen LogP contribution in [0.3, 0.4) is 0 Å². The number of hydrogen-bond acceptors (Lipinski definition) is 4. The molecule has 0 unspecified atom stereocenters. The van der Waals surface area contributed by atoms with Gasteiger partial charge in [-0.25, -0.2) is 4.68 Å². The molecule has 0 aliphatic carbocycles. The quantitative estimate of drug-likeness (QED) is 0.379. The van der Waals surface area contributed by atoms with Gasteiger partial charge in [0.15, 0.2) is 5.11 Å². The number of hydrogen-bond donors (Lipinski definition) is 2. The lowest BCUT2D eigenvalue weighted by atomic mass is 10.1. The molecular formula is C21H22N6S. The van der Waals surface area contributed by atoms with Crippen molar-refractivity contribution >= 4 is 35.3 Å². The maximum Gasteiger partial charge on any atom is 0.191 e. The third-order valence-electron chi connectivity index (χ3n) is 4.19. The molecule has 142 valence electrons. The molecule has 0 aliphatic heterocycles. The number of nitrogens with zero attached hydrogens (tertiary/aromatic N) is 4. The van der Waals surface area contributed by atoms with Crippen LogP contribution in [0.15, 0.2) is 65.9 Å². The number of aromatic nitrogens is 3. The van der Waals surface area contributed by atoms with Crippen LogP contribution < -0.4 is 10.7 Å². The lowest BCUT2D eigenvalue weighted by Gasteiger charge is -2.11. The van der Waals surface area contributed by atoms with Gasteiger partial charge in [-0.3, -0.25) is 5.43 Å². The zero-order valence-electron chi connectivity index (χ0n) is 15.8. The van der Waals surface area contributed by atoms with E-state index in [2.05, 4.69) is 58.2 Å². The van der Waals surface area contributed by atoms with E-state index in [4.69, 9.17) is 12.2 Å². The molecule has 28 heavy (non-hydrogen) atoms. The number of hydrazone groups is 1. The summed E-state index contributed by atoms with van der Waals surface area (Å²) < 4.78 is 1.80. The van der Waals surface area contributed by atoms with Crippen LogP contribution in [0.2, 0.25) is 0 Å². The Labute approximate surface area is 170 Å².